The molecule has 0 aliphatic carbocycles. The van der Waals surface area contributed by atoms with Gasteiger partial charge in [-0.15, -0.1) is 0 Å². The summed E-state index contributed by atoms with van der Waals surface area (Å²) in [4.78, 5) is 12.8. The maximum Gasteiger partial charge on any atom is 0.224 e. The summed E-state index contributed by atoms with van der Waals surface area (Å²) >= 11 is 0. The van der Waals surface area contributed by atoms with Crippen molar-refractivity contribution in [1.29, 1.82) is 0 Å². The highest BCUT2D eigenvalue weighted by atomic mass is 16.5. The van der Waals surface area contributed by atoms with Crippen LogP contribution in [-0.2, 0) is 22.0 Å². The van der Waals surface area contributed by atoms with Crippen LogP contribution < -0.4 is 10.1 Å². The smallest absolute Gasteiger partial charge is 0.224 e. The van der Waals surface area contributed by atoms with E-state index in [1.807, 2.05) is 26.0 Å². The van der Waals surface area contributed by atoms with Crippen molar-refractivity contribution >= 4 is 11.6 Å². The van der Waals surface area contributed by atoms with Crippen LogP contribution in [0.4, 0.5) is 5.69 Å². The minimum Gasteiger partial charge on any atom is -0.507 e. The zero-order valence-corrected chi connectivity index (χ0v) is 23.8. The van der Waals surface area contributed by atoms with Crippen LogP contribution in [0.15, 0.2) is 24.3 Å². The Bertz CT molecular complexity index is 980. The van der Waals surface area contributed by atoms with Gasteiger partial charge in [-0.05, 0) is 90.3 Å². The molecule has 0 fully saturated rings. The molecule has 0 saturated carbocycles. The van der Waals surface area contributed by atoms with E-state index in [1.165, 1.54) is 0 Å². The minimum absolute atomic E-state index is 0.0201. The highest BCUT2D eigenvalue weighted by molar-refractivity contribution is 5.91. The predicted molar refractivity (Wildman–Crippen MR) is 148 cm³/mol. The average Bonchev–Trinajstić information content (AvgIpc) is 2.67. The molecule has 4 nitrogen and oxygen atoms in total. The molecule has 0 aliphatic rings. The van der Waals surface area contributed by atoms with Crippen LogP contribution in [0.25, 0.3) is 0 Å². The predicted octanol–water partition coefficient (Wildman–Crippen LogP) is 7.99. The Morgan fingerprint density at radius 3 is 1.83 bits per heavy atom. The number of benzene rings is 2. The van der Waals surface area contributed by atoms with E-state index in [-0.39, 0.29) is 22.8 Å². The molecular formula is C31H47NO3. The van der Waals surface area contributed by atoms with Crippen LogP contribution in [0.3, 0.4) is 0 Å². The summed E-state index contributed by atoms with van der Waals surface area (Å²) in [5.41, 5.74) is 5.40. The van der Waals surface area contributed by atoms with E-state index in [2.05, 4.69) is 79.8 Å². The SMILES string of the molecule is Cc1cc(NC(=O)CCc2cc(C(C)(C)C)c(O)c(C(C)(C)C)c2)cc(C)c1OC(C)CC(C)C. The number of amides is 1. The van der Waals surface area contributed by atoms with Crippen LogP contribution in [-0.4, -0.2) is 17.1 Å². The highest BCUT2D eigenvalue weighted by Crippen LogP contribution is 2.40. The first-order valence-corrected chi connectivity index (χ1v) is 12.9. The third kappa shape index (κ3) is 8.02. The number of anilines is 1. The zero-order chi connectivity index (χ0) is 26.7. The number of phenolic OH excluding ortho intramolecular Hbond substituents is 1. The van der Waals surface area contributed by atoms with Crippen LogP contribution in [0.5, 0.6) is 11.5 Å². The largest absolute Gasteiger partial charge is 0.507 e. The van der Waals surface area contributed by atoms with Crippen molar-refractivity contribution < 1.29 is 14.6 Å². The van der Waals surface area contributed by atoms with Gasteiger partial charge in [0.05, 0.1) is 6.10 Å². The Morgan fingerprint density at radius 2 is 1.40 bits per heavy atom. The molecule has 0 spiro atoms. The zero-order valence-electron chi connectivity index (χ0n) is 23.8. The molecule has 0 heterocycles. The van der Waals surface area contributed by atoms with E-state index in [1.54, 1.807) is 0 Å². The third-order valence-corrected chi connectivity index (χ3v) is 6.29. The molecular weight excluding hydrogens is 434 g/mol. The Balaban J connectivity index is 2.15. The van der Waals surface area contributed by atoms with Crippen LogP contribution in [0.2, 0.25) is 0 Å². The van der Waals surface area contributed by atoms with Crippen molar-refractivity contribution in [2.75, 3.05) is 5.32 Å². The fraction of sp³-hybridized carbons (Fsp3) is 0.581. The van der Waals surface area contributed by atoms with E-state index in [9.17, 15) is 9.90 Å². The van der Waals surface area contributed by atoms with Gasteiger partial charge in [0.1, 0.15) is 11.5 Å². The van der Waals surface area contributed by atoms with Crippen molar-refractivity contribution in [3.05, 3.63) is 52.1 Å². The Hall–Kier alpha value is -2.49. The number of aryl methyl sites for hydroxylation is 3. The average molecular weight is 482 g/mol. The number of phenols is 1. The molecule has 1 unspecified atom stereocenters. The molecule has 0 aromatic heterocycles. The number of ether oxygens (including phenoxy) is 1. The van der Waals surface area contributed by atoms with Gasteiger partial charge in [0.2, 0.25) is 5.91 Å². The van der Waals surface area contributed by atoms with Gasteiger partial charge in [0.15, 0.2) is 0 Å². The fourth-order valence-electron chi connectivity index (χ4n) is 4.58. The minimum atomic E-state index is -0.187. The molecule has 0 bridgehead atoms. The molecule has 0 saturated heterocycles. The topological polar surface area (TPSA) is 58.6 Å². The number of carbonyl (C=O) groups is 1. The molecule has 2 N–H and O–H groups in total. The van der Waals surface area contributed by atoms with Gasteiger partial charge >= 0.3 is 0 Å². The third-order valence-electron chi connectivity index (χ3n) is 6.29. The Kier molecular flexibility index (Phi) is 9.08. The lowest BCUT2D eigenvalue weighted by atomic mass is 9.78. The van der Waals surface area contributed by atoms with Crippen LogP contribution in [0, 0.1) is 19.8 Å². The summed E-state index contributed by atoms with van der Waals surface area (Å²) in [6.07, 6.45) is 2.14. The van der Waals surface area contributed by atoms with Crippen molar-refractivity contribution in [1.82, 2.24) is 0 Å². The second kappa shape index (κ2) is 11.1. The van der Waals surface area contributed by atoms with Gasteiger partial charge in [0, 0.05) is 12.1 Å². The van der Waals surface area contributed by atoms with Gasteiger partial charge < -0.3 is 15.2 Å². The molecule has 2 rings (SSSR count). The second-order valence-electron chi connectivity index (χ2n) is 12.6. The van der Waals surface area contributed by atoms with Gasteiger partial charge in [-0.25, -0.2) is 0 Å². The molecule has 0 aliphatic heterocycles. The highest BCUT2D eigenvalue weighted by Gasteiger charge is 2.26. The van der Waals surface area contributed by atoms with E-state index < -0.39 is 0 Å². The summed E-state index contributed by atoms with van der Waals surface area (Å²) in [7, 11) is 0. The van der Waals surface area contributed by atoms with E-state index >= 15 is 0 Å². The fourth-order valence-corrected chi connectivity index (χ4v) is 4.58. The lowest BCUT2D eigenvalue weighted by Crippen LogP contribution is -2.18. The Morgan fingerprint density at radius 1 is 0.914 bits per heavy atom. The van der Waals surface area contributed by atoms with Crippen molar-refractivity contribution in [3.8, 4) is 11.5 Å². The molecule has 1 atom stereocenters. The molecule has 194 valence electrons. The van der Waals surface area contributed by atoms with Gasteiger partial charge in [-0.1, -0.05) is 67.5 Å². The summed E-state index contributed by atoms with van der Waals surface area (Å²) in [6.45, 7) is 23.2. The standard InChI is InChI=1S/C31H47NO3/c1-19(2)14-22(5)35-29-20(3)15-24(16-21(29)4)32-27(33)13-12-23-17-25(30(6,7)8)28(34)26(18-23)31(9,10)11/h15-19,22,34H,12-14H2,1-11H3,(H,32,33). The molecule has 1 amide bonds. The number of nitrogens with one attached hydrogen (secondary N) is 1. The normalized spacial score (nSPS) is 13.1. The van der Waals surface area contributed by atoms with E-state index in [0.717, 1.165) is 45.7 Å². The van der Waals surface area contributed by atoms with Crippen molar-refractivity contribution in [2.24, 2.45) is 5.92 Å². The first-order chi connectivity index (χ1) is 16.0. The number of carbonyl (C=O) groups excluding carboxylic acids is 1. The van der Waals surface area contributed by atoms with Gasteiger partial charge in [-0.3, -0.25) is 4.79 Å². The van der Waals surface area contributed by atoms with Crippen molar-refractivity contribution in [2.45, 2.75) is 112 Å². The Labute approximate surface area is 213 Å². The van der Waals surface area contributed by atoms with E-state index in [0.29, 0.717) is 24.5 Å². The summed E-state index contributed by atoms with van der Waals surface area (Å²) in [6, 6.07) is 8.07. The molecule has 4 heteroatoms. The van der Waals surface area contributed by atoms with Gasteiger partial charge in [0.25, 0.3) is 0 Å². The number of hydrogen-bond acceptors (Lipinski definition) is 3. The lowest BCUT2D eigenvalue weighted by molar-refractivity contribution is -0.116. The quantitative estimate of drug-likeness (QED) is 0.402. The van der Waals surface area contributed by atoms with Gasteiger partial charge in [-0.2, -0.15) is 0 Å². The first kappa shape index (κ1) is 28.7. The number of aromatic hydroxyl groups is 1. The van der Waals surface area contributed by atoms with E-state index in [4.69, 9.17) is 4.74 Å². The molecule has 2 aromatic carbocycles. The summed E-state index contributed by atoms with van der Waals surface area (Å²) in [5, 5.41) is 14.0. The maximum absolute atomic E-state index is 12.8. The number of hydrogen-bond donors (Lipinski definition) is 2. The molecule has 2 aromatic rings. The second-order valence-corrected chi connectivity index (χ2v) is 12.6. The number of rotatable bonds is 8. The summed E-state index contributed by atoms with van der Waals surface area (Å²) < 4.78 is 6.21. The lowest BCUT2D eigenvalue weighted by Gasteiger charge is -2.28. The summed E-state index contributed by atoms with van der Waals surface area (Å²) in [5.74, 6) is 1.84. The molecule has 35 heavy (non-hydrogen) atoms. The molecule has 0 radical (unpaired) electrons. The maximum atomic E-state index is 12.8. The monoisotopic (exact) mass is 481 g/mol. The van der Waals surface area contributed by atoms with Crippen LogP contribution in [0.1, 0.15) is 103 Å². The van der Waals surface area contributed by atoms with Crippen LogP contribution >= 0.6 is 0 Å². The first-order valence-electron chi connectivity index (χ1n) is 12.9. The van der Waals surface area contributed by atoms with Crippen molar-refractivity contribution in [3.63, 3.8) is 0 Å².